The molecule has 3 N–H and O–H groups in total. The van der Waals surface area contributed by atoms with Gasteiger partial charge >= 0.3 is 0 Å². The van der Waals surface area contributed by atoms with E-state index in [1.807, 2.05) is 37.3 Å². The van der Waals surface area contributed by atoms with Crippen LogP contribution in [0.2, 0.25) is 0 Å². The summed E-state index contributed by atoms with van der Waals surface area (Å²) < 4.78 is 0. The van der Waals surface area contributed by atoms with Crippen LogP contribution in [0.4, 0.5) is 0 Å². The van der Waals surface area contributed by atoms with Gasteiger partial charge in [0.25, 0.3) is 0 Å². The summed E-state index contributed by atoms with van der Waals surface area (Å²) in [5, 5.41) is 13.2. The van der Waals surface area contributed by atoms with Gasteiger partial charge in [0.1, 0.15) is 11.4 Å². The largest absolute Gasteiger partial charge is 0.383 e. The summed E-state index contributed by atoms with van der Waals surface area (Å²) >= 11 is 0. The maximum Gasteiger partial charge on any atom is 0.225 e. The Kier molecular flexibility index (Phi) is 4.29. The number of allylic oxidation sites excluding steroid dienone is 1. The molecular weight excluding hydrogens is 314 g/mol. The molecule has 1 atom stereocenters. The van der Waals surface area contributed by atoms with Crippen molar-refractivity contribution in [2.24, 2.45) is 0 Å². The number of benzene rings is 1. The number of hydrogen-bond acceptors (Lipinski definition) is 3. The van der Waals surface area contributed by atoms with Gasteiger partial charge in [-0.2, -0.15) is 0 Å². The molecule has 1 aliphatic heterocycles. The standard InChI is InChI=1S/C20H25N3O2/c1-5-20(10-11-21-15(24)12-20)17-16(14-8-6-13(2)7-9-14)22-18(23-17)19(3,4)25/h6-11,25H,5,12H2,1-4H3,(H,21,24)(H,22,23). The van der Waals surface area contributed by atoms with Crippen molar-refractivity contribution < 1.29 is 9.90 Å². The Morgan fingerprint density at radius 3 is 2.52 bits per heavy atom. The fourth-order valence-corrected chi connectivity index (χ4v) is 3.23. The molecule has 5 heteroatoms. The lowest BCUT2D eigenvalue weighted by molar-refractivity contribution is -0.121. The second kappa shape index (κ2) is 6.15. The van der Waals surface area contributed by atoms with Gasteiger partial charge in [-0.25, -0.2) is 4.98 Å². The number of rotatable bonds is 4. The fourth-order valence-electron chi connectivity index (χ4n) is 3.23. The lowest BCUT2D eigenvalue weighted by atomic mass is 9.75. The highest BCUT2D eigenvalue weighted by molar-refractivity contribution is 5.81. The predicted molar refractivity (Wildman–Crippen MR) is 97.9 cm³/mol. The molecule has 0 bridgehead atoms. The van der Waals surface area contributed by atoms with E-state index >= 15 is 0 Å². The molecule has 0 fully saturated rings. The minimum Gasteiger partial charge on any atom is -0.383 e. The SMILES string of the molecule is CCC1(c2[nH]c(C(C)(C)O)nc2-c2ccc(C)cc2)C=CNC(=O)C1. The van der Waals surface area contributed by atoms with Crippen molar-refractivity contribution in [3.05, 3.63) is 53.6 Å². The van der Waals surface area contributed by atoms with Gasteiger partial charge in [-0.3, -0.25) is 4.79 Å². The van der Waals surface area contributed by atoms with Gasteiger partial charge in [-0.05, 0) is 27.2 Å². The summed E-state index contributed by atoms with van der Waals surface area (Å²) in [6.45, 7) is 7.51. The third kappa shape index (κ3) is 3.24. The van der Waals surface area contributed by atoms with Gasteiger partial charge in [0.05, 0.1) is 11.4 Å². The number of aryl methyl sites for hydroxylation is 1. The molecular formula is C20H25N3O2. The summed E-state index contributed by atoms with van der Waals surface area (Å²) in [6.07, 6.45) is 4.84. The third-order valence-corrected chi connectivity index (χ3v) is 4.86. The molecule has 0 saturated carbocycles. The maximum absolute atomic E-state index is 12.1. The molecule has 0 saturated heterocycles. The summed E-state index contributed by atoms with van der Waals surface area (Å²) in [7, 11) is 0. The zero-order chi connectivity index (χ0) is 18.2. The summed E-state index contributed by atoms with van der Waals surface area (Å²) in [6, 6.07) is 8.14. The maximum atomic E-state index is 12.1. The number of aromatic nitrogens is 2. The van der Waals surface area contributed by atoms with Gasteiger partial charge < -0.3 is 15.4 Å². The summed E-state index contributed by atoms with van der Waals surface area (Å²) in [5.74, 6) is 0.490. The van der Waals surface area contributed by atoms with Crippen molar-refractivity contribution in [2.45, 2.75) is 51.6 Å². The lowest BCUT2D eigenvalue weighted by Gasteiger charge is -2.31. The minimum atomic E-state index is -1.09. The van der Waals surface area contributed by atoms with Crippen LogP contribution in [0.15, 0.2) is 36.5 Å². The van der Waals surface area contributed by atoms with E-state index in [-0.39, 0.29) is 5.91 Å². The molecule has 0 aliphatic carbocycles. The lowest BCUT2D eigenvalue weighted by Crippen LogP contribution is -2.36. The second-order valence-electron chi connectivity index (χ2n) is 7.32. The highest BCUT2D eigenvalue weighted by Gasteiger charge is 2.38. The molecule has 1 aromatic heterocycles. The van der Waals surface area contributed by atoms with Crippen molar-refractivity contribution in [1.82, 2.24) is 15.3 Å². The first kappa shape index (κ1) is 17.4. The van der Waals surface area contributed by atoms with E-state index in [4.69, 9.17) is 4.98 Å². The smallest absolute Gasteiger partial charge is 0.225 e. The van der Waals surface area contributed by atoms with Crippen LogP contribution in [0.3, 0.4) is 0 Å². The monoisotopic (exact) mass is 339 g/mol. The van der Waals surface area contributed by atoms with E-state index in [9.17, 15) is 9.90 Å². The topological polar surface area (TPSA) is 78.0 Å². The Morgan fingerprint density at radius 2 is 1.96 bits per heavy atom. The van der Waals surface area contributed by atoms with E-state index in [1.54, 1.807) is 20.0 Å². The number of nitrogens with one attached hydrogen (secondary N) is 2. The van der Waals surface area contributed by atoms with Gasteiger partial charge in [-0.1, -0.05) is 42.8 Å². The molecule has 1 aromatic carbocycles. The predicted octanol–water partition coefficient (Wildman–Crippen LogP) is 3.29. The highest BCUT2D eigenvalue weighted by Crippen LogP contribution is 2.40. The molecule has 1 aliphatic rings. The van der Waals surface area contributed by atoms with Gasteiger partial charge in [0.2, 0.25) is 5.91 Å². The molecule has 1 amide bonds. The van der Waals surface area contributed by atoms with Crippen LogP contribution in [0, 0.1) is 6.92 Å². The zero-order valence-electron chi connectivity index (χ0n) is 15.2. The van der Waals surface area contributed by atoms with Crippen molar-refractivity contribution in [3.63, 3.8) is 0 Å². The number of carbonyl (C=O) groups is 1. The van der Waals surface area contributed by atoms with Crippen LogP contribution in [0.5, 0.6) is 0 Å². The number of imidazole rings is 1. The average molecular weight is 339 g/mol. The first-order valence-electron chi connectivity index (χ1n) is 8.62. The zero-order valence-corrected chi connectivity index (χ0v) is 15.2. The number of aromatic amines is 1. The Bertz CT molecular complexity index is 812. The van der Waals surface area contributed by atoms with Crippen molar-refractivity contribution in [2.75, 3.05) is 0 Å². The fraction of sp³-hybridized carbons (Fsp3) is 0.400. The molecule has 3 rings (SSSR count). The van der Waals surface area contributed by atoms with E-state index < -0.39 is 11.0 Å². The summed E-state index contributed by atoms with van der Waals surface area (Å²) in [4.78, 5) is 20.1. The number of carbonyl (C=O) groups excluding carboxylic acids is 1. The quantitative estimate of drug-likeness (QED) is 0.800. The number of H-pyrrole nitrogens is 1. The number of amides is 1. The molecule has 2 aromatic rings. The molecule has 2 heterocycles. The first-order valence-corrected chi connectivity index (χ1v) is 8.62. The van der Waals surface area contributed by atoms with E-state index in [2.05, 4.69) is 17.2 Å². The molecule has 25 heavy (non-hydrogen) atoms. The van der Waals surface area contributed by atoms with E-state index in [0.29, 0.717) is 12.2 Å². The van der Waals surface area contributed by atoms with E-state index in [1.165, 1.54) is 5.56 Å². The van der Waals surface area contributed by atoms with Crippen LogP contribution in [-0.2, 0) is 15.8 Å². The molecule has 0 spiro atoms. The van der Waals surface area contributed by atoms with Crippen LogP contribution in [-0.4, -0.2) is 21.0 Å². The first-order chi connectivity index (χ1) is 11.7. The minimum absolute atomic E-state index is 0.0152. The van der Waals surface area contributed by atoms with Crippen LogP contribution >= 0.6 is 0 Å². The average Bonchev–Trinajstić information content (AvgIpc) is 3.01. The Labute approximate surface area is 148 Å². The number of nitrogens with zero attached hydrogens (tertiary/aromatic N) is 1. The van der Waals surface area contributed by atoms with Crippen LogP contribution in [0.1, 0.15) is 50.7 Å². The highest BCUT2D eigenvalue weighted by atomic mass is 16.3. The van der Waals surface area contributed by atoms with Crippen molar-refractivity contribution in [1.29, 1.82) is 0 Å². The Morgan fingerprint density at radius 1 is 1.28 bits per heavy atom. The molecule has 5 nitrogen and oxygen atoms in total. The second-order valence-corrected chi connectivity index (χ2v) is 7.32. The van der Waals surface area contributed by atoms with Crippen LogP contribution < -0.4 is 5.32 Å². The van der Waals surface area contributed by atoms with Crippen LogP contribution in [0.25, 0.3) is 11.3 Å². The molecule has 0 radical (unpaired) electrons. The normalized spacial score (nSPS) is 20.6. The van der Waals surface area contributed by atoms with Crippen molar-refractivity contribution >= 4 is 5.91 Å². The van der Waals surface area contributed by atoms with Gasteiger partial charge in [-0.15, -0.1) is 0 Å². The molecule has 1 unspecified atom stereocenters. The number of aliphatic hydroxyl groups is 1. The van der Waals surface area contributed by atoms with E-state index in [0.717, 1.165) is 23.4 Å². The summed E-state index contributed by atoms with van der Waals surface area (Å²) in [5.41, 5.74) is 2.26. The third-order valence-electron chi connectivity index (χ3n) is 4.86. The molecule has 132 valence electrons. The number of hydrogen-bond donors (Lipinski definition) is 3. The Balaban J connectivity index is 2.22. The van der Waals surface area contributed by atoms with Gasteiger partial charge in [0.15, 0.2) is 0 Å². The Hall–Kier alpha value is -2.40. The van der Waals surface area contributed by atoms with Gasteiger partial charge in [0, 0.05) is 23.6 Å². The van der Waals surface area contributed by atoms with Crippen molar-refractivity contribution in [3.8, 4) is 11.3 Å².